The Morgan fingerprint density at radius 1 is 1.24 bits per heavy atom. The zero-order valence-electron chi connectivity index (χ0n) is 17.2. The average Bonchev–Trinajstić information content (AvgIpc) is 3.42. The lowest BCUT2D eigenvalue weighted by molar-refractivity contribution is -0.136. The molecule has 2 saturated heterocycles. The van der Waals surface area contributed by atoms with Crippen LogP contribution in [0.3, 0.4) is 0 Å². The molecular weight excluding hydrogens is 366 g/mol. The molecule has 0 radical (unpaired) electrons. The number of rotatable bonds is 7. The van der Waals surface area contributed by atoms with E-state index in [4.69, 9.17) is 0 Å². The van der Waals surface area contributed by atoms with Gasteiger partial charge >= 0.3 is 0 Å². The third kappa shape index (κ3) is 3.66. The molecular formula is C22H29N5O2. The maximum absolute atomic E-state index is 13.2. The van der Waals surface area contributed by atoms with Crippen molar-refractivity contribution in [3.8, 4) is 0 Å². The Morgan fingerprint density at radius 3 is 2.72 bits per heavy atom. The summed E-state index contributed by atoms with van der Waals surface area (Å²) in [6, 6.07) is 5.89. The van der Waals surface area contributed by atoms with Crippen molar-refractivity contribution < 1.29 is 9.59 Å². The molecule has 0 unspecified atom stereocenters. The van der Waals surface area contributed by atoms with Crippen molar-refractivity contribution in [1.82, 2.24) is 25.0 Å². The fraction of sp³-hybridized carbons (Fsp3) is 0.545. The van der Waals surface area contributed by atoms with Crippen molar-refractivity contribution in [2.45, 2.75) is 64.6 Å². The summed E-state index contributed by atoms with van der Waals surface area (Å²) in [7, 11) is 0. The Morgan fingerprint density at radius 2 is 2.03 bits per heavy atom. The molecule has 154 valence electrons. The van der Waals surface area contributed by atoms with Crippen molar-refractivity contribution >= 4 is 11.8 Å². The summed E-state index contributed by atoms with van der Waals surface area (Å²) < 4.78 is 1.85. The van der Waals surface area contributed by atoms with Gasteiger partial charge in [0, 0.05) is 37.2 Å². The van der Waals surface area contributed by atoms with E-state index < -0.39 is 5.41 Å². The Balaban J connectivity index is 1.42. The van der Waals surface area contributed by atoms with Crippen LogP contribution >= 0.6 is 0 Å². The van der Waals surface area contributed by atoms with Gasteiger partial charge in [0.2, 0.25) is 11.8 Å². The van der Waals surface area contributed by atoms with Crippen molar-refractivity contribution in [2.24, 2.45) is 5.41 Å². The first-order valence-corrected chi connectivity index (χ1v) is 10.5. The molecule has 4 heterocycles. The van der Waals surface area contributed by atoms with Crippen LogP contribution in [0.25, 0.3) is 0 Å². The summed E-state index contributed by atoms with van der Waals surface area (Å²) in [6.45, 7) is 5.22. The number of amides is 2. The second-order valence-electron chi connectivity index (χ2n) is 8.27. The van der Waals surface area contributed by atoms with Crippen molar-refractivity contribution in [3.63, 3.8) is 0 Å². The van der Waals surface area contributed by atoms with Crippen LogP contribution in [0.5, 0.6) is 0 Å². The molecule has 7 nitrogen and oxygen atoms in total. The first-order chi connectivity index (χ1) is 14.0. The molecule has 2 aliphatic heterocycles. The van der Waals surface area contributed by atoms with E-state index in [1.165, 1.54) is 0 Å². The van der Waals surface area contributed by atoms with Crippen LogP contribution < -0.4 is 5.32 Å². The minimum Gasteiger partial charge on any atom is -0.354 e. The SMILES string of the molecule is CC[C@@]1(C(=O)NCCn2ccc(C)n2)C[C@@H]2CC[C@H]1N2C(=O)Cc1ccncc1. The van der Waals surface area contributed by atoms with Gasteiger partial charge in [-0.15, -0.1) is 0 Å². The highest BCUT2D eigenvalue weighted by Gasteiger charge is 2.59. The molecule has 0 aromatic carbocycles. The molecule has 0 aliphatic carbocycles. The molecule has 3 atom stereocenters. The smallest absolute Gasteiger partial charge is 0.228 e. The van der Waals surface area contributed by atoms with Gasteiger partial charge in [-0.05, 0) is 56.4 Å². The number of pyridine rings is 1. The molecule has 2 aromatic rings. The molecule has 2 bridgehead atoms. The minimum atomic E-state index is -0.475. The minimum absolute atomic E-state index is 0.00112. The number of fused-ring (bicyclic) bond motifs is 2. The summed E-state index contributed by atoms with van der Waals surface area (Å²) in [5.74, 6) is 0.205. The lowest BCUT2D eigenvalue weighted by atomic mass is 9.71. The first-order valence-electron chi connectivity index (χ1n) is 10.5. The van der Waals surface area contributed by atoms with Gasteiger partial charge in [-0.1, -0.05) is 6.92 Å². The number of carbonyl (C=O) groups is 2. The van der Waals surface area contributed by atoms with Gasteiger partial charge in [-0.3, -0.25) is 19.3 Å². The molecule has 1 N–H and O–H groups in total. The number of nitrogens with zero attached hydrogens (tertiary/aromatic N) is 4. The first kappa shape index (κ1) is 19.6. The highest BCUT2D eigenvalue weighted by Crippen LogP contribution is 2.52. The predicted molar refractivity (Wildman–Crippen MR) is 109 cm³/mol. The summed E-state index contributed by atoms with van der Waals surface area (Å²) in [6.07, 6.45) is 9.14. The van der Waals surface area contributed by atoms with E-state index >= 15 is 0 Å². The molecule has 0 spiro atoms. The Hall–Kier alpha value is -2.70. The Kier molecular flexibility index (Phi) is 5.39. The number of nitrogens with one attached hydrogen (secondary N) is 1. The highest BCUT2D eigenvalue weighted by molar-refractivity contribution is 5.87. The third-order valence-corrected chi connectivity index (χ3v) is 6.62. The lowest BCUT2D eigenvalue weighted by Gasteiger charge is -2.35. The van der Waals surface area contributed by atoms with Crippen LogP contribution in [0.4, 0.5) is 0 Å². The zero-order chi connectivity index (χ0) is 20.4. The second-order valence-corrected chi connectivity index (χ2v) is 8.27. The van der Waals surface area contributed by atoms with Gasteiger partial charge in [0.05, 0.1) is 24.1 Å². The Bertz CT molecular complexity index is 880. The topological polar surface area (TPSA) is 80.1 Å². The molecule has 2 aromatic heterocycles. The quantitative estimate of drug-likeness (QED) is 0.779. The molecule has 2 amide bonds. The van der Waals surface area contributed by atoms with Gasteiger partial charge < -0.3 is 10.2 Å². The van der Waals surface area contributed by atoms with E-state index in [0.29, 0.717) is 19.5 Å². The summed E-state index contributed by atoms with van der Waals surface area (Å²) >= 11 is 0. The van der Waals surface area contributed by atoms with E-state index in [0.717, 1.165) is 36.9 Å². The van der Waals surface area contributed by atoms with E-state index in [9.17, 15) is 9.59 Å². The summed E-state index contributed by atoms with van der Waals surface area (Å²) in [5.41, 5.74) is 1.46. The maximum atomic E-state index is 13.2. The van der Waals surface area contributed by atoms with Crippen LogP contribution in [0.15, 0.2) is 36.8 Å². The number of hydrogen-bond donors (Lipinski definition) is 1. The van der Waals surface area contributed by atoms with Crippen molar-refractivity contribution in [2.75, 3.05) is 6.54 Å². The van der Waals surface area contributed by atoms with Crippen LogP contribution in [0, 0.1) is 12.3 Å². The number of aryl methyl sites for hydroxylation is 1. The number of aromatic nitrogens is 3. The van der Waals surface area contributed by atoms with Gasteiger partial charge in [0.1, 0.15) is 0 Å². The van der Waals surface area contributed by atoms with Crippen LogP contribution in [-0.4, -0.2) is 50.1 Å². The molecule has 29 heavy (non-hydrogen) atoms. The standard InChI is InChI=1S/C22H29N5O2/c1-3-22(21(29)24-11-13-26-12-8-16(2)25-26)15-18-4-5-19(22)27(18)20(28)14-17-6-9-23-10-7-17/h6-10,12,18-19H,3-5,11,13-15H2,1-2H3,(H,24,29)/t18-,19+,22+/m0/s1. The molecule has 4 rings (SSSR count). The van der Waals surface area contributed by atoms with E-state index in [1.54, 1.807) is 12.4 Å². The molecule has 2 fully saturated rings. The van der Waals surface area contributed by atoms with Gasteiger partial charge in [-0.2, -0.15) is 5.10 Å². The Labute approximate surface area is 171 Å². The van der Waals surface area contributed by atoms with Crippen LogP contribution in [0.2, 0.25) is 0 Å². The maximum Gasteiger partial charge on any atom is 0.228 e. The molecule has 0 saturated carbocycles. The fourth-order valence-corrected chi connectivity index (χ4v) is 5.16. The zero-order valence-corrected chi connectivity index (χ0v) is 17.2. The van der Waals surface area contributed by atoms with E-state index in [1.807, 2.05) is 40.9 Å². The van der Waals surface area contributed by atoms with Gasteiger partial charge in [0.15, 0.2) is 0 Å². The van der Waals surface area contributed by atoms with E-state index in [2.05, 4.69) is 22.3 Å². The van der Waals surface area contributed by atoms with Crippen LogP contribution in [-0.2, 0) is 22.6 Å². The van der Waals surface area contributed by atoms with Crippen LogP contribution in [0.1, 0.15) is 43.9 Å². The van der Waals surface area contributed by atoms with E-state index in [-0.39, 0.29) is 23.9 Å². The van der Waals surface area contributed by atoms with Gasteiger partial charge in [-0.25, -0.2) is 0 Å². The second kappa shape index (κ2) is 7.97. The van der Waals surface area contributed by atoms with Crippen molar-refractivity contribution in [1.29, 1.82) is 0 Å². The monoisotopic (exact) mass is 395 g/mol. The summed E-state index contributed by atoms with van der Waals surface area (Å²) in [4.78, 5) is 32.3. The highest BCUT2D eigenvalue weighted by atomic mass is 16.2. The third-order valence-electron chi connectivity index (χ3n) is 6.62. The normalized spacial score (nSPS) is 25.4. The average molecular weight is 396 g/mol. The fourth-order valence-electron chi connectivity index (χ4n) is 5.16. The summed E-state index contributed by atoms with van der Waals surface area (Å²) in [5, 5.41) is 7.49. The largest absolute Gasteiger partial charge is 0.354 e. The lowest BCUT2D eigenvalue weighted by Crippen LogP contribution is -2.50. The number of hydrogen-bond acceptors (Lipinski definition) is 4. The van der Waals surface area contributed by atoms with Gasteiger partial charge in [0.25, 0.3) is 0 Å². The molecule has 2 aliphatic rings. The number of carbonyl (C=O) groups excluding carboxylic acids is 2. The molecule has 7 heteroatoms. The predicted octanol–water partition coefficient (Wildman–Crippen LogP) is 2.11. The van der Waals surface area contributed by atoms with Crippen molar-refractivity contribution in [3.05, 3.63) is 48.0 Å².